The lowest BCUT2D eigenvalue weighted by atomic mass is 10.2. The lowest BCUT2D eigenvalue weighted by Gasteiger charge is -2.18. The molecule has 0 radical (unpaired) electrons. The van der Waals surface area contributed by atoms with Crippen LogP contribution in [0.15, 0.2) is 46.3 Å². The first kappa shape index (κ1) is 21.1. The number of benzene rings is 2. The zero-order valence-corrected chi connectivity index (χ0v) is 17.5. The first-order chi connectivity index (χ1) is 14.0. The van der Waals surface area contributed by atoms with Crippen molar-refractivity contribution >= 4 is 21.9 Å². The van der Waals surface area contributed by atoms with Crippen LogP contribution in [0.3, 0.4) is 0 Å². The van der Waals surface area contributed by atoms with Crippen LogP contribution in [0, 0.1) is 0 Å². The zero-order valence-electron chi connectivity index (χ0n) is 16.7. The molecule has 2 aromatic rings. The van der Waals surface area contributed by atoms with Crippen LogP contribution in [0.4, 0.5) is 5.69 Å². The summed E-state index contributed by atoms with van der Waals surface area (Å²) in [7, 11) is -3.65. The smallest absolute Gasteiger partial charge is 0.246 e. The molecule has 7 nitrogen and oxygen atoms in total. The molecule has 0 aliphatic carbocycles. The van der Waals surface area contributed by atoms with Gasteiger partial charge in [0.2, 0.25) is 10.0 Å². The fourth-order valence-corrected chi connectivity index (χ4v) is 4.85. The van der Waals surface area contributed by atoms with E-state index in [0.717, 1.165) is 12.8 Å². The molecule has 1 aliphatic heterocycles. The molecule has 0 aromatic heterocycles. The molecule has 1 fully saturated rings. The Morgan fingerprint density at radius 2 is 1.76 bits per heavy atom. The number of aromatic hydroxyl groups is 1. The first-order valence-corrected chi connectivity index (χ1v) is 11.2. The van der Waals surface area contributed by atoms with Gasteiger partial charge < -0.3 is 14.6 Å². The van der Waals surface area contributed by atoms with Crippen molar-refractivity contribution in [3.8, 4) is 17.2 Å². The third kappa shape index (κ3) is 4.71. The molecule has 1 aliphatic rings. The summed E-state index contributed by atoms with van der Waals surface area (Å²) >= 11 is 0. The van der Waals surface area contributed by atoms with Crippen LogP contribution in [0.2, 0.25) is 0 Å². The van der Waals surface area contributed by atoms with E-state index in [1.165, 1.54) is 16.6 Å². The number of rotatable bonds is 8. The number of sulfonamides is 1. The van der Waals surface area contributed by atoms with E-state index in [2.05, 4.69) is 4.99 Å². The second-order valence-electron chi connectivity index (χ2n) is 6.56. The van der Waals surface area contributed by atoms with E-state index in [-0.39, 0.29) is 10.6 Å². The van der Waals surface area contributed by atoms with Gasteiger partial charge in [-0.3, -0.25) is 4.99 Å². The first-order valence-electron chi connectivity index (χ1n) is 9.73. The number of phenolic OH excluding ortho intramolecular Hbond substituents is 1. The van der Waals surface area contributed by atoms with Gasteiger partial charge in [0.15, 0.2) is 11.5 Å². The highest BCUT2D eigenvalue weighted by Crippen LogP contribution is 2.33. The molecule has 0 spiro atoms. The van der Waals surface area contributed by atoms with Crippen molar-refractivity contribution < 1.29 is 23.0 Å². The van der Waals surface area contributed by atoms with Crippen LogP contribution >= 0.6 is 0 Å². The lowest BCUT2D eigenvalue weighted by Crippen LogP contribution is -2.28. The summed E-state index contributed by atoms with van der Waals surface area (Å²) in [5, 5.41) is 10.3. The Morgan fingerprint density at radius 1 is 1.07 bits per heavy atom. The SMILES string of the molecule is CCOc1ccc(N=Cc2cccc(OCC)c2O)cc1S(=O)(=O)N1CCCC1. The van der Waals surface area contributed by atoms with Gasteiger partial charge in [-0.05, 0) is 57.0 Å². The minimum atomic E-state index is -3.65. The highest BCUT2D eigenvalue weighted by atomic mass is 32.2. The molecular formula is C21H26N2O5S. The standard InChI is InChI=1S/C21H26N2O5S/c1-3-27-18-11-10-17(14-20(18)29(25,26)23-12-5-6-13-23)22-15-16-8-7-9-19(21(16)24)28-4-2/h7-11,14-15,24H,3-6,12-13H2,1-2H3. The maximum Gasteiger partial charge on any atom is 0.246 e. The molecule has 3 rings (SSSR count). The van der Waals surface area contributed by atoms with Crippen molar-refractivity contribution in [3.63, 3.8) is 0 Å². The van der Waals surface area contributed by atoms with Gasteiger partial charge >= 0.3 is 0 Å². The summed E-state index contributed by atoms with van der Waals surface area (Å²) in [6.07, 6.45) is 3.20. The predicted octanol–water partition coefficient (Wildman–Crippen LogP) is 3.72. The molecule has 1 saturated heterocycles. The molecule has 1 N–H and O–H groups in total. The Kier molecular flexibility index (Phi) is 6.76. The molecule has 29 heavy (non-hydrogen) atoms. The third-order valence-electron chi connectivity index (χ3n) is 4.59. The van der Waals surface area contributed by atoms with Gasteiger partial charge in [-0.2, -0.15) is 4.31 Å². The Balaban J connectivity index is 1.95. The Morgan fingerprint density at radius 3 is 2.45 bits per heavy atom. The topological polar surface area (TPSA) is 88.4 Å². The van der Waals surface area contributed by atoms with E-state index >= 15 is 0 Å². The molecule has 156 valence electrons. The minimum absolute atomic E-state index is 0.00560. The molecule has 2 aromatic carbocycles. The molecular weight excluding hydrogens is 392 g/mol. The van der Waals surface area contributed by atoms with Gasteiger partial charge in [-0.1, -0.05) is 6.07 Å². The number of para-hydroxylation sites is 1. The number of aliphatic imine (C=N–C) groups is 1. The Bertz CT molecular complexity index is 983. The molecule has 0 unspecified atom stereocenters. The van der Waals surface area contributed by atoms with Gasteiger partial charge in [0, 0.05) is 24.9 Å². The highest BCUT2D eigenvalue weighted by Gasteiger charge is 2.30. The van der Waals surface area contributed by atoms with Crippen LogP contribution < -0.4 is 9.47 Å². The van der Waals surface area contributed by atoms with E-state index in [9.17, 15) is 13.5 Å². The van der Waals surface area contributed by atoms with Crippen molar-refractivity contribution in [2.24, 2.45) is 4.99 Å². The number of phenols is 1. The fraction of sp³-hybridized carbons (Fsp3) is 0.381. The second kappa shape index (κ2) is 9.28. The number of ether oxygens (including phenoxy) is 2. The molecule has 0 atom stereocenters. The average Bonchev–Trinajstić information content (AvgIpc) is 3.25. The van der Waals surface area contributed by atoms with E-state index in [4.69, 9.17) is 9.47 Å². The maximum atomic E-state index is 13.1. The van der Waals surface area contributed by atoms with Crippen molar-refractivity contribution in [1.29, 1.82) is 0 Å². The molecule has 8 heteroatoms. The van der Waals surface area contributed by atoms with Crippen LogP contribution in [0.5, 0.6) is 17.2 Å². The predicted molar refractivity (Wildman–Crippen MR) is 112 cm³/mol. The Hall–Kier alpha value is -2.58. The molecule has 1 heterocycles. The van der Waals surface area contributed by atoms with E-state index in [1.807, 2.05) is 13.8 Å². The third-order valence-corrected chi connectivity index (χ3v) is 6.51. The van der Waals surface area contributed by atoms with E-state index in [0.29, 0.717) is 49.1 Å². The quantitative estimate of drug-likeness (QED) is 0.660. The molecule has 0 bridgehead atoms. The largest absolute Gasteiger partial charge is 0.504 e. The highest BCUT2D eigenvalue weighted by molar-refractivity contribution is 7.89. The maximum absolute atomic E-state index is 13.1. The number of hydrogen-bond acceptors (Lipinski definition) is 6. The fourth-order valence-electron chi connectivity index (χ4n) is 3.18. The van der Waals surface area contributed by atoms with Crippen LogP contribution in [0.1, 0.15) is 32.3 Å². The van der Waals surface area contributed by atoms with Gasteiger partial charge in [-0.25, -0.2) is 8.42 Å². The number of hydrogen-bond donors (Lipinski definition) is 1. The van der Waals surface area contributed by atoms with Crippen molar-refractivity contribution in [3.05, 3.63) is 42.0 Å². The monoisotopic (exact) mass is 418 g/mol. The van der Waals surface area contributed by atoms with Crippen molar-refractivity contribution in [1.82, 2.24) is 4.31 Å². The normalized spacial score (nSPS) is 15.1. The summed E-state index contributed by atoms with van der Waals surface area (Å²) in [5.41, 5.74) is 0.932. The van der Waals surface area contributed by atoms with Crippen molar-refractivity contribution in [2.75, 3.05) is 26.3 Å². The van der Waals surface area contributed by atoms with Crippen LogP contribution in [-0.2, 0) is 10.0 Å². The van der Waals surface area contributed by atoms with Gasteiger partial charge in [0.1, 0.15) is 10.6 Å². The summed E-state index contributed by atoms with van der Waals surface area (Å²) < 4.78 is 38.5. The van der Waals surface area contributed by atoms with E-state index in [1.54, 1.807) is 30.3 Å². The van der Waals surface area contributed by atoms with Crippen molar-refractivity contribution in [2.45, 2.75) is 31.6 Å². The number of nitrogens with zero attached hydrogens (tertiary/aromatic N) is 2. The Labute approximate surface area is 171 Å². The lowest BCUT2D eigenvalue weighted by molar-refractivity contribution is 0.318. The summed E-state index contributed by atoms with van der Waals surface area (Å²) in [6.45, 7) is 5.47. The summed E-state index contributed by atoms with van der Waals surface area (Å²) in [6, 6.07) is 9.96. The summed E-state index contributed by atoms with van der Waals surface area (Å²) in [4.78, 5) is 4.48. The van der Waals surface area contributed by atoms with E-state index < -0.39 is 10.0 Å². The minimum Gasteiger partial charge on any atom is -0.504 e. The average molecular weight is 419 g/mol. The van der Waals surface area contributed by atoms with Gasteiger partial charge in [0.05, 0.1) is 18.9 Å². The summed E-state index contributed by atoms with van der Waals surface area (Å²) in [5.74, 6) is 0.689. The molecule has 0 saturated carbocycles. The van der Waals surface area contributed by atoms with Crippen LogP contribution in [0.25, 0.3) is 0 Å². The van der Waals surface area contributed by atoms with Gasteiger partial charge in [0.25, 0.3) is 0 Å². The van der Waals surface area contributed by atoms with Crippen LogP contribution in [-0.4, -0.2) is 50.3 Å². The molecule has 0 amide bonds. The second-order valence-corrected chi connectivity index (χ2v) is 8.47. The zero-order chi connectivity index (χ0) is 20.9. The van der Waals surface area contributed by atoms with Gasteiger partial charge in [-0.15, -0.1) is 0 Å².